The minimum atomic E-state index is -3.53. The molecule has 1 unspecified atom stereocenters. The van der Waals surface area contributed by atoms with E-state index < -0.39 is 10.0 Å². The van der Waals surface area contributed by atoms with E-state index in [0.717, 1.165) is 12.8 Å². The van der Waals surface area contributed by atoms with Crippen LogP contribution < -0.4 is 11.1 Å². The zero-order valence-electron chi connectivity index (χ0n) is 13.9. The van der Waals surface area contributed by atoms with E-state index in [-0.39, 0.29) is 29.3 Å². The summed E-state index contributed by atoms with van der Waals surface area (Å²) < 4.78 is 31.6. The number of nitrogens with one attached hydrogen (secondary N) is 1. The van der Waals surface area contributed by atoms with Crippen LogP contribution >= 0.6 is 12.4 Å². The van der Waals surface area contributed by atoms with Crippen LogP contribution in [0.15, 0.2) is 29.2 Å². The molecule has 1 aliphatic carbocycles. The summed E-state index contributed by atoms with van der Waals surface area (Å²) in [5.74, 6) is 0.285. The number of halogens is 1. The first kappa shape index (κ1) is 20.1. The fourth-order valence-corrected chi connectivity index (χ4v) is 4.13. The SMILES string of the molecule is Cl.NC(CNC(=O)c1ccc(S(=O)(=O)N2CCOCC2)cc1)C1CC1. The number of rotatable bonds is 6. The van der Waals surface area contributed by atoms with E-state index in [1.807, 2.05) is 0 Å². The van der Waals surface area contributed by atoms with Crippen molar-refractivity contribution < 1.29 is 17.9 Å². The van der Waals surface area contributed by atoms with Crippen LogP contribution in [0.1, 0.15) is 23.2 Å². The van der Waals surface area contributed by atoms with E-state index in [4.69, 9.17) is 10.5 Å². The number of carbonyl (C=O) groups excluding carboxylic acids is 1. The number of carbonyl (C=O) groups is 1. The maximum absolute atomic E-state index is 12.5. The van der Waals surface area contributed by atoms with E-state index in [0.29, 0.717) is 44.3 Å². The molecule has 1 saturated heterocycles. The van der Waals surface area contributed by atoms with Crippen molar-refractivity contribution >= 4 is 28.3 Å². The first-order chi connectivity index (χ1) is 11.5. The topological polar surface area (TPSA) is 102 Å². The Labute approximate surface area is 154 Å². The summed E-state index contributed by atoms with van der Waals surface area (Å²) in [5, 5.41) is 2.80. The lowest BCUT2D eigenvalue weighted by atomic mass is 10.2. The Morgan fingerprint density at radius 3 is 2.40 bits per heavy atom. The minimum absolute atomic E-state index is 0. The Morgan fingerprint density at radius 2 is 1.84 bits per heavy atom. The van der Waals surface area contributed by atoms with Crippen molar-refractivity contribution in [1.29, 1.82) is 0 Å². The van der Waals surface area contributed by atoms with Gasteiger partial charge in [0.1, 0.15) is 0 Å². The monoisotopic (exact) mass is 389 g/mol. The number of ether oxygens (including phenoxy) is 1. The van der Waals surface area contributed by atoms with E-state index in [9.17, 15) is 13.2 Å². The van der Waals surface area contributed by atoms with Gasteiger partial charge >= 0.3 is 0 Å². The van der Waals surface area contributed by atoms with Crippen molar-refractivity contribution in [2.45, 2.75) is 23.8 Å². The van der Waals surface area contributed by atoms with Gasteiger partial charge in [-0.15, -0.1) is 12.4 Å². The van der Waals surface area contributed by atoms with Gasteiger partial charge in [0.15, 0.2) is 0 Å². The Balaban J connectivity index is 0.00000225. The molecule has 3 rings (SSSR count). The maximum Gasteiger partial charge on any atom is 0.251 e. The van der Waals surface area contributed by atoms with Gasteiger partial charge in [-0.3, -0.25) is 4.79 Å². The Kier molecular flexibility index (Phi) is 6.81. The van der Waals surface area contributed by atoms with Crippen LogP contribution in [0.4, 0.5) is 0 Å². The molecular weight excluding hydrogens is 366 g/mol. The summed E-state index contributed by atoms with van der Waals surface area (Å²) in [6.45, 7) is 1.95. The molecular formula is C16H24ClN3O4S. The molecule has 1 heterocycles. The molecule has 2 aliphatic rings. The highest BCUT2D eigenvalue weighted by Gasteiger charge is 2.29. The average Bonchev–Trinajstić information content (AvgIpc) is 3.45. The highest BCUT2D eigenvalue weighted by molar-refractivity contribution is 7.89. The van der Waals surface area contributed by atoms with E-state index in [1.54, 1.807) is 0 Å². The number of morpholine rings is 1. The van der Waals surface area contributed by atoms with Crippen LogP contribution in [-0.2, 0) is 14.8 Å². The van der Waals surface area contributed by atoms with E-state index in [2.05, 4.69) is 5.32 Å². The third kappa shape index (κ3) is 4.92. The van der Waals surface area contributed by atoms with Crippen molar-refractivity contribution in [3.8, 4) is 0 Å². The predicted molar refractivity (Wildman–Crippen MR) is 96.3 cm³/mol. The largest absolute Gasteiger partial charge is 0.379 e. The molecule has 9 heteroatoms. The normalized spacial score (nSPS) is 19.7. The highest BCUT2D eigenvalue weighted by atomic mass is 35.5. The van der Waals surface area contributed by atoms with Crippen molar-refractivity contribution in [2.24, 2.45) is 11.7 Å². The molecule has 2 fully saturated rings. The van der Waals surface area contributed by atoms with Crippen LogP contribution in [0.3, 0.4) is 0 Å². The summed E-state index contributed by atoms with van der Waals surface area (Å²) >= 11 is 0. The second-order valence-corrected chi connectivity index (χ2v) is 8.19. The number of hydrogen-bond donors (Lipinski definition) is 2. The van der Waals surface area contributed by atoms with Gasteiger partial charge in [-0.1, -0.05) is 0 Å². The fraction of sp³-hybridized carbons (Fsp3) is 0.562. The molecule has 1 aliphatic heterocycles. The quantitative estimate of drug-likeness (QED) is 0.741. The zero-order chi connectivity index (χ0) is 17.2. The van der Waals surface area contributed by atoms with Crippen molar-refractivity contribution in [3.63, 3.8) is 0 Å². The molecule has 0 bridgehead atoms. The fourth-order valence-electron chi connectivity index (χ4n) is 2.72. The van der Waals surface area contributed by atoms with Gasteiger partial charge in [0.25, 0.3) is 5.91 Å². The molecule has 1 amide bonds. The van der Waals surface area contributed by atoms with Gasteiger partial charge in [-0.2, -0.15) is 4.31 Å². The first-order valence-corrected chi connectivity index (χ1v) is 9.64. The maximum atomic E-state index is 12.5. The lowest BCUT2D eigenvalue weighted by Gasteiger charge is -2.26. The summed E-state index contributed by atoms with van der Waals surface area (Å²) in [6, 6.07) is 6.01. The molecule has 0 aromatic heterocycles. The summed E-state index contributed by atoms with van der Waals surface area (Å²) in [7, 11) is -3.53. The lowest BCUT2D eigenvalue weighted by molar-refractivity contribution is 0.0730. The van der Waals surface area contributed by atoms with E-state index in [1.165, 1.54) is 28.6 Å². The Hall–Kier alpha value is -1.19. The number of nitrogens with two attached hydrogens (primary N) is 1. The van der Waals surface area contributed by atoms with Crippen molar-refractivity contribution in [2.75, 3.05) is 32.8 Å². The van der Waals surface area contributed by atoms with Gasteiger partial charge in [0.05, 0.1) is 18.1 Å². The number of hydrogen-bond acceptors (Lipinski definition) is 5. The predicted octanol–water partition coefficient (Wildman–Crippen LogP) is 0.596. The smallest absolute Gasteiger partial charge is 0.251 e. The zero-order valence-corrected chi connectivity index (χ0v) is 15.5. The first-order valence-electron chi connectivity index (χ1n) is 8.20. The molecule has 7 nitrogen and oxygen atoms in total. The second-order valence-electron chi connectivity index (χ2n) is 6.25. The molecule has 25 heavy (non-hydrogen) atoms. The van der Waals surface area contributed by atoms with Crippen LogP contribution in [0.2, 0.25) is 0 Å². The molecule has 3 N–H and O–H groups in total. The minimum Gasteiger partial charge on any atom is -0.379 e. The number of amides is 1. The van der Waals surface area contributed by atoms with Crippen LogP contribution in [0.25, 0.3) is 0 Å². The summed E-state index contributed by atoms with van der Waals surface area (Å²) in [5.41, 5.74) is 6.39. The molecule has 1 aromatic rings. The number of benzene rings is 1. The average molecular weight is 390 g/mol. The second kappa shape index (κ2) is 8.46. The van der Waals surface area contributed by atoms with Crippen molar-refractivity contribution in [1.82, 2.24) is 9.62 Å². The van der Waals surface area contributed by atoms with Gasteiger partial charge in [-0.05, 0) is 43.0 Å². The number of nitrogens with zero attached hydrogens (tertiary/aromatic N) is 1. The Morgan fingerprint density at radius 1 is 1.24 bits per heavy atom. The van der Waals surface area contributed by atoms with Crippen LogP contribution in [0.5, 0.6) is 0 Å². The summed E-state index contributed by atoms with van der Waals surface area (Å²) in [6.07, 6.45) is 2.26. The lowest BCUT2D eigenvalue weighted by Crippen LogP contribution is -2.40. The van der Waals surface area contributed by atoms with Gasteiger partial charge < -0.3 is 15.8 Å². The van der Waals surface area contributed by atoms with Gasteiger partial charge in [-0.25, -0.2) is 8.42 Å². The van der Waals surface area contributed by atoms with Gasteiger partial charge in [0.2, 0.25) is 10.0 Å². The van der Waals surface area contributed by atoms with Crippen LogP contribution in [-0.4, -0.2) is 57.5 Å². The van der Waals surface area contributed by atoms with Gasteiger partial charge in [0, 0.05) is 31.2 Å². The molecule has 0 radical (unpaired) electrons. The number of sulfonamides is 1. The third-order valence-electron chi connectivity index (χ3n) is 4.45. The molecule has 0 spiro atoms. The third-order valence-corrected chi connectivity index (χ3v) is 6.36. The molecule has 1 saturated carbocycles. The summed E-state index contributed by atoms with van der Waals surface area (Å²) in [4.78, 5) is 12.3. The Bertz CT molecular complexity index is 686. The van der Waals surface area contributed by atoms with Crippen molar-refractivity contribution in [3.05, 3.63) is 29.8 Å². The standard InChI is InChI=1S/C16H23N3O4S.ClH/c17-15(12-1-2-12)11-18-16(20)13-3-5-14(6-4-13)24(21,22)19-7-9-23-10-8-19;/h3-6,12,15H,1-2,7-11,17H2,(H,18,20);1H. The van der Waals surface area contributed by atoms with E-state index >= 15 is 0 Å². The highest BCUT2D eigenvalue weighted by Crippen LogP contribution is 2.31. The van der Waals surface area contributed by atoms with Crippen LogP contribution in [0, 0.1) is 5.92 Å². The molecule has 1 aromatic carbocycles. The molecule has 1 atom stereocenters. The molecule has 140 valence electrons.